The smallest absolute Gasteiger partial charge is 0.445 e. The van der Waals surface area contributed by atoms with Crippen molar-refractivity contribution in [2.75, 3.05) is 39.6 Å². The first kappa shape index (κ1) is 54.0. The molecule has 4 amide bonds. The van der Waals surface area contributed by atoms with Gasteiger partial charge in [-0.05, 0) is 28.8 Å². The van der Waals surface area contributed by atoms with Crippen molar-refractivity contribution in [1.29, 1.82) is 0 Å². The fraction of sp³-hybridized carbons (Fsp3) is 0.306. The predicted molar refractivity (Wildman–Crippen MR) is 205 cm³/mol. The summed E-state index contributed by atoms with van der Waals surface area (Å²) in [5, 5.41) is 20.2. The standard InChI is InChI=1S/C14H15NO6.C12H13Cl2N3O4.C9H12O2.CH3.ClH.Pd/c16-12-6-7-13(17)15(12)21-14(18)20-9-8-19-10-11-4-2-1-3-5-11;13-8-2-1-3-9(14)7(8)6-10(19)16-11(15)17-12(20)21-5-4-18;10-6-7-11-8-9-4-2-1-3-5-9;;;/h1-5H,6-10H2;1-3,18H,4-6H2,(H3,15,16,17,19,20);1-5,10H,6-8H2;1H3;1H;/q;;;-1;;. The Morgan fingerprint density at radius 3 is 1.75 bits per heavy atom. The summed E-state index contributed by atoms with van der Waals surface area (Å²) in [6, 6.07) is 24.3. The van der Waals surface area contributed by atoms with Gasteiger partial charge in [-0.2, -0.15) is 0 Å². The number of aliphatic hydroxyl groups is 2. The number of nitrogens with two attached hydrogens (primary N) is 1. The molecule has 0 unspecified atom stereocenters. The SMILES string of the molecule is Cl.NC(=NC(=O)OCCO)NC(=O)Cc1c(Cl)cccc1Cl.O=C(OCCOCc1ccccc1)ON1C(=O)CCC1=O.OCCOCc1ccccc1.[CH3-].[Pd]. The number of carbonyl (C=O) groups is 5. The first-order chi connectivity index (χ1) is 25.5. The normalized spacial score (nSPS) is 11.5. The number of hydrogen-bond acceptors (Lipinski definition) is 12. The van der Waals surface area contributed by atoms with Gasteiger partial charge in [-0.1, -0.05) is 95.0 Å². The van der Waals surface area contributed by atoms with Gasteiger partial charge in [-0.15, -0.1) is 17.4 Å². The molecule has 4 rings (SSSR count). The number of hydrogen-bond donors (Lipinski definition) is 4. The van der Waals surface area contributed by atoms with E-state index in [1.807, 2.05) is 60.7 Å². The maximum Gasteiger partial charge on any atom is 0.534 e. The Kier molecular flexibility index (Phi) is 30.8. The Bertz CT molecular complexity index is 1610. The van der Waals surface area contributed by atoms with Gasteiger partial charge >= 0.3 is 12.2 Å². The van der Waals surface area contributed by atoms with E-state index in [4.69, 9.17) is 53.4 Å². The number of halogens is 3. The molecule has 0 atom stereocenters. The zero-order valence-corrected chi connectivity index (χ0v) is 34.1. The van der Waals surface area contributed by atoms with Gasteiger partial charge in [-0.3, -0.25) is 24.5 Å². The maximum absolute atomic E-state index is 11.7. The van der Waals surface area contributed by atoms with Gasteiger partial charge in [0.15, 0.2) is 0 Å². The number of guanidine groups is 1. The van der Waals surface area contributed by atoms with Crippen LogP contribution >= 0.6 is 35.6 Å². The molecule has 1 saturated heterocycles. The van der Waals surface area contributed by atoms with E-state index in [2.05, 4.69) is 19.9 Å². The van der Waals surface area contributed by atoms with Crippen molar-refractivity contribution in [2.24, 2.45) is 10.7 Å². The summed E-state index contributed by atoms with van der Waals surface area (Å²) in [5.74, 6) is -2.05. The van der Waals surface area contributed by atoms with Crippen LogP contribution in [0.4, 0.5) is 9.59 Å². The molecule has 0 spiro atoms. The van der Waals surface area contributed by atoms with Crippen molar-refractivity contribution in [1.82, 2.24) is 10.4 Å². The minimum Gasteiger partial charge on any atom is -0.445 e. The molecule has 0 bridgehead atoms. The number of ether oxygens (including phenoxy) is 4. The fourth-order valence-corrected chi connectivity index (χ4v) is 4.41. The van der Waals surface area contributed by atoms with Gasteiger partial charge in [0, 0.05) is 43.3 Å². The van der Waals surface area contributed by atoms with Crippen LogP contribution in [0.2, 0.25) is 10.0 Å². The molecule has 0 aromatic heterocycles. The molecule has 0 saturated carbocycles. The molecule has 0 aliphatic carbocycles. The molecule has 1 heterocycles. The van der Waals surface area contributed by atoms with E-state index in [9.17, 15) is 24.0 Å². The van der Waals surface area contributed by atoms with Crippen molar-refractivity contribution >= 4 is 71.5 Å². The molecule has 1 aliphatic heterocycles. The second kappa shape index (κ2) is 32.0. The van der Waals surface area contributed by atoms with E-state index in [1.165, 1.54) is 0 Å². The largest absolute Gasteiger partial charge is 0.534 e. The molecule has 56 heavy (non-hydrogen) atoms. The predicted octanol–water partition coefficient (Wildman–Crippen LogP) is 4.58. The summed E-state index contributed by atoms with van der Waals surface area (Å²) >= 11 is 11.9. The number of nitrogens with zero attached hydrogens (tertiary/aromatic N) is 2. The molecule has 3 aromatic carbocycles. The van der Waals surface area contributed by atoms with Gasteiger partial charge in [0.1, 0.15) is 13.2 Å². The summed E-state index contributed by atoms with van der Waals surface area (Å²) in [5.41, 5.74) is 7.95. The second-order valence-corrected chi connectivity index (χ2v) is 11.1. The topological polar surface area (TPSA) is 226 Å². The van der Waals surface area contributed by atoms with E-state index in [1.54, 1.807) is 18.2 Å². The quantitative estimate of drug-likeness (QED) is 0.0331. The Hall–Kier alpha value is -4.15. The number of imide groups is 1. The van der Waals surface area contributed by atoms with Gasteiger partial charge < -0.3 is 42.3 Å². The van der Waals surface area contributed by atoms with Crippen molar-refractivity contribution in [3.63, 3.8) is 0 Å². The minimum atomic E-state index is -1.10. The van der Waals surface area contributed by atoms with Crippen LogP contribution in [-0.2, 0) is 78.2 Å². The third-order valence-corrected chi connectivity index (χ3v) is 6.98. The minimum absolute atomic E-state index is 0. The average molecular weight is 938 g/mol. The van der Waals surface area contributed by atoms with Crippen molar-refractivity contribution in [3.05, 3.63) is 113 Å². The Morgan fingerprint density at radius 1 is 0.750 bits per heavy atom. The Balaban J connectivity index is 0. The first-order valence-electron chi connectivity index (χ1n) is 15.9. The molecule has 312 valence electrons. The van der Waals surface area contributed by atoms with Gasteiger partial charge in [0.2, 0.25) is 11.9 Å². The summed E-state index contributed by atoms with van der Waals surface area (Å²) in [6.07, 6.45) is -2.14. The summed E-state index contributed by atoms with van der Waals surface area (Å²) in [7, 11) is 0. The summed E-state index contributed by atoms with van der Waals surface area (Å²) in [6.45, 7) is 1.11. The van der Waals surface area contributed by atoms with Crippen LogP contribution in [-0.4, -0.2) is 90.8 Å². The summed E-state index contributed by atoms with van der Waals surface area (Å²) in [4.78, 5) is 64.3. The number of amides is 4. The molecule has 16 nitrogen and oxygen atoms in total. The van der Waals surface area contributed by atoms with Crippen LogP contribution < -0.4 is 11.1 Å². The van der Waals surface area contributed by atoms with Crippen LogP contribution in [0.1, 0.15) is 29.5 Å². The van der Waals surface area contributed by atoms with E-state index < -0.39 is 35.9 Å². The zero-order valence-electron chi connectivity index (χ0n) is 30.2. The summed E-state index contributed by atoms with van der Waals surface area (Å²) < 4.78 is 19.6. The number of benzene rings is 3. The van der Waals surface area contributed by atoms with Crippen LogP contribution in [0.5, 0.6) is 0 Å². The fourth-order valence-electron chi connectivity index (χ4n) is 3.88. The van der Waals surface area contributed by atoms with E-state index in [0.29, 0.717) is 40.5 Å². The second-order valence-electron chi connectivity index (χ2n) is 10.3. The van der Waals surface area contributed by atoms with E-state index in [-0.39, 0.29) is 92.6 Å². The molecule has 1 fully saturated rings. The van der Waals surface area contributed by atoms with Crippen LogP contribution in [0.15, 0.2) is 83.9 Å². The van der Waals surface area contributed by atoms with E-state index in [0.717, 1.165) is 11.1 Å². The number of aliphatic imine (C=N–C) groups is 1. The number of nitrogens with one attached hydrogen (secondary N) is 1. The number of carbonyl (C=O) groups excluding carboxylic acids is 5. The first-order valence-corrected chi connectivity index (χ1v) is 16.7. The molecule has 5 N–H and O–H groups in total. The van der Waals surface area contributed by atoms with Crippen molar-refractivity contribution in [3.8, 4) is 0 Å². The zero-order chi connectivity index (χ0) is 38.8. The molecule has 1 aliphatic rings. The Labute approximate surface area is 354 Å². The van der Waals surface area contributed by atoms with Crippen molar-refractivity contribution < 1.29 is 78.4 Å². The number of aliphatic hydroxyl groups excluding tert-OH is 2. The van der Waals surface area contributed by atoms with Gasteiger partial charge in [0.05, 0.1) is 46.1 Å². The van der Waals surface area contributed by atoms with Crippen LogP contribution in [0, 0.1) is 7.43 Å². The average Bonchev–Trinajstić information content (AvgIpc) is 3.45. The third-order valence-electron chi connectivity index (χ3n) is 6.27. The number of rotatable bonds is 14. The van der Waals surface area contributed by atoms with Gasteiger partial charge in [-0.25, -0.2) is 9.59 Å². The molecule has 20 heteroatoms. The monoisotopic (exact) mass is 935 g/mol. The van der Waals surface area contributed by atoms with Crippen LogP contribution in [0.3, 0.4) is 0 Å². The van der Waals surface area contributed by atoms with Crippen LogP contribution in [0.25, 0.3) is 0 Å². The van der Waals surface area contributed by atoms with Gasteiger partial charge in [0.25, 0.3) is 11.8 Å². The molecule has 3 aromatic rings. The molecular formula is C36H44Cl3N4O12Pd-. The molecular weight excluding hydrogens is 893 g/mol. The maximum atomic E-state index is 11.7. The van der Waals surface area contributed by atoms with Crippen molar-refractivity contribution in [2.45, 2.75) is 32.5 Å². The molecule has 0 radical (unpaired) electrons. The third kappa shape index (κ3) is 23.0. The van der Waals surface area contributed by atoms with E-state index >= 15 is 0 Å². The Morgan fingerprint density at radius 2 is 1.25 bits per heavy atom. The number of hydroxylamine groups is 2.